The number of carbonyl (C=O) groups is 2. The van der Waals surface area contributed by atoms with E-state index in [4.69, 9.17) is 0 Å². The number of hydrogen-bond acceptors (Lipinski definition) is 3. The van der Waals surface area contributed by atoms with Crippen molar-refractivity contribution in [1.82, 2.24) is 9.80 Å². The van der Waals surface area contributed by atoms with Gasteiger partial charge in [0.05, 0.1) is 4.88 Å². The van der Waals surface area contributed by atoms with Crippen LogP contribution in [0, 0.1) is 18.8 Å². The fourth-order valence-electron chi connectivity index (χ4n) is 3.52. The number of amides is 2. The van der Waals surface area contributed by atoms with E-state index in [2.05, 4.69) is 6.92 Å². The van der Waals surface area contributed by atoms with Crippen LogP contribution >= 0.6 is 11.3 Å². The zero-order valence-electron chi connectivity index (χ0n) is 14.1. The van der Waals surface area contributed by atoms with Gasteiger partial charge in [0.15, 0.2) is 0 Å². The van der Waals surface area contributed by atoms with Crippen molar-refractivity contribution in [1.29, 1.82) is 0 Å². The molecule has 0 unspecified atom stereocenters. The molecule has 1 aromatic heterocycles. The van der Waals surface area contributed by atoms with Crippen LogP contribution in [0.4, 0.5) is 0 Å². The quantitative estimate of drug-likeness (QED) is 0.833. The zero-order chi connectivity index (χ0) is 16.4. The van der Waals surface area contributed by atoms with Gasteiger partial charge in [-0.1, -0.05) is 6.92 Å². The SMILES string of the molecule is Cc1ccc(C(=O)N2CCC(C(=O)N3CCC(C)CC3)CC2)s1. The van der Waals surface area contributed by atoms with Crippen LogP contribution in [0.2, 0.25) is 0 Å². The van der Waals surface area contributed by atoms with Crippen LogP contribution in [0.15, 0.2) is 12.1 Å². The van der Waals surface area contributed by atoms with E-state index in [-0.39, 0.29) is 11.8 Å². The van der Waals surface area contributed by atoms with Gasteiger partial charge in [-0.15, -0.1) is 11.3 Å². The molecule has 2 aliphatic heterocycles. The third-order valence-electron chi connectivity index (χ3n) is 5.18. The van der Waals surface area contributed by atoms with Crippen molar-refractivity contribution in [2.45, 2.75) is 39.5 Å². The second kappa shape index (κ2) is 7.04. The molecule has 0 spiro atoms. The minimum Gasteiger partial charge on any atom is -0.342 e. The highest BCUT2D eigenvalue weighted by atomic mass is 32.1. The molecule has 0 atom stereocenters. The maximum atomic E-state index is 12.6. The largest absolute Gasteiger partial charge is 0.342 e. The van der Waals surface area contributed by atoms with Gasteiger partial charge in [-0.05, 0) is 50.7 Å². The lowest BCUT2D eigenvalue weighted by molar-refractivity contribution is -0.138. The second-order valence-electron chi connectivity index (χ2n) is 6.98. The van der Waals surface area contributed by atoms with Gasteiger partial charge in [-0.25, -0.2) is 0 Å². The molecule has 0 saturated carbocycles. The molecule has 0 aliphatic carbocycles. The number of likely N-dealkylation sites (tertiary alicyclic amines) is 2. The van der Waals surface area contributed by atoms with Crippen LogP contribution in [-0.4, -0.2) is 47.8 Å². The maximum absolute atomic E-state index is 12.6. The van der Waals surface area contributed by atoms with Crippen LogP contribution in [-0.2, 0) is 4.79 Å². The third-order valence-corrected chi connectivity index (χ3v) is 6.17. The topological polar surface area (TPSA) is 40.6 Å². The van der Waals surface area contributed by atoms with Crippen LogP contribution in [0.1, 0.15) is 47.2 Å². The van der Waals surface area contributed by atoms with Gasteiger partial charge in [0.25, 0.3) is 5.91 Å². The summed E-state index contributed by atoms with van der Waals surface area (Å²) in [6, 6.07) is 3.90. The van der Waals surface area contributed by atoms with E-state index >= 15 is 0 Å². The van der Waals surface area contributed by atoms with E-state index in [1.54, 1.807) is 11.3 Å². The molecule has 23 heavy (non-hydrogen) atoms. The molecule has 0 aromatic carbocycles. The first-order valence-electron chi connectivity index (χ1n) is 8.69. The smallest absolute Gasteiger partial charge is 0.263 e. The van der Waals surface area contributed by atoms with E-state index in [9.17, 15) is 9.59 Å². The van der Waals surface area contributed by atoms with E-state index in [1.807, 2.05) is 28.9 Å². The van der Waals surface area contributed by atoms with Crippen LogP contribution < -0.4 is 0 Å². The molecular weight excluding hydrogens is 308 g/mol. The van der Waals surface area contributed by atoms with E-state index in [1.165, 1.54) is 0 Å². The van der Waals surface area contributed by atoms with Crippen LogP contribution in [0.3, 0.4) is 0 Å². The zero-order valence-corrected chi connectivity index (χ0v) is 14.9. The minimum absolute atomic E-state index is 0.109. The number of nitrogens with zero attached hydrogens (tertiary/aromatic N) is 2. The Morgan fingerprint density at radius 2 is 1.61 bits per heavy atom. The Hall–Kier alpha value is -1.36. The highest BCUT2D eigenvalue weighted by molar-refractivity contribution is 7.13. The predicted octanol–water partition coefficient (Wildman–Crippen LogP) is 3.17. The first-order chi connectivity index (χ1) is 11.0. The number of hydrogen-bond donors (Lipinski definition) is 0. The molecule has 3 rings (SSSR count). The normalized spacial score (nSPS) is 20.8. The number of carbonyl (C=O) groups excluding carboxylic acids is 2. The lowest BCUT2D eigenvalue weighted by Gasteiger charge is -2.36. The summed E-state index contributed by atoms with van der Waals surface area (Å²) in [5, 5.41) is 0. The van der Waals surface area contributed by atoms with Crippen molar-refractivity contribution in [3.8, 4) is 0 Å². The van der Waals surface area contributed by atoms with Crippen molar-refractivity contribution >= 4 is 23.2 Å². The molecule has 0 radical (unpaired) electrons. The number of thiophene rings is 1. The van der Waals surface area contributed by atoms with Crippen LogP contribution in [0.5, 0.6) is 0 Å². The highest BCUT2D eigenvalue weighted by Gasteiger charge is 2.31. The van der Waals surface area contributed by atoms with Gasteiger partial charge < -0.3 is 9.80 Å². The summed E-state index contributed by atoms with van der Waals surface area (Å²) < 4.78 is 0. The summed E-state index contributed by atoms with van der Waals surface area (Å²) in [6.45, 7) is 7.51. The highest BCUT2D eigenvalue weighted by Crippen LogP contribution is 2.25. The fourth-order valence-corrected chi connectivity index (χ4v) is 4.36. The minimum atomic E-state index is 0.109. The average molecular weight is 334 g/mol. The molecule has 2 amide bonds. The molecule has 0 bridgehead atoms. The van der Waals surface area contributed by atoms with Crippen molar-refractivity contribution in [3.63, 3.8) is 0 Å². The first-order valence-corrected chi connectivity index (χ1v) is 9.50. The Morgan fingerprint density at radius 1 is 1.00 bits per heavy atom. The number of rotatable bonds is 2. The molecule has 2 fully saturated rings. The van der Waals surface area contributed by atoms with Crippen molar-refractivity contribution in [2.24, 2.45) is 11.8 Å². The van der Waals surface area contributed by atoms with Crippen LogP contribution in [0.25, 0.3) is 0 Å². The monoisotopic (exact) mass is 334 g/mol. The van der Waals surface area contributed by atoms with E-state index in [0.717, 1.165) is 54.4 Å². The van der Waals surface area contributed by atoms with Crippen molar-refractivity contribution < 1.29 is 9.59 Å². The summed E-state index contributed by atoms with van der Waals surface area (Å²) in [7, 11) is 0. The molecule has 2 saturated heterocycles. The second-order valence-corrected chi connectivity index (χ2v) is 8.27. The lowest BCUT2D eigenvalue weighted by Crippen LogP contribution is -2.46. The summed E-state index contributed by atoms with van der Waals surface area (Å²) in [4.78, 5) is 31.0. The Morgan fingerprint density at radius 3 is 2.17 bits per heavy atom. The Bertz CT molecular complexity index is 567. The van der Waals surface area contributed by atoms with Crippen molar-refractivity contribution in [2.75, 3.05) is 26.2 Å². The van der Waals surface area contributed by atoms with Gasteiger partial charge in [0, 0.05) is 37.0 Å². The summed E-state index contributed by atoms with van der Waals surface area (Å²) in [5.74, 6) is 1.29. The van der Waals surface area contributed by atoms with Crippen molar-refractivity contribution in [3.05, 3.63) is 21.9 Å². The Labute approximate surface area is 142 Å². The Kier molecular flexibility index (Phi) is 5.05. The molecule has 2 aliphatic rings. The van der Waals surface area contributed by atoms with Gasteiger partial charge in [-0.3, -0.25) is 9.59 Å². The lowest BCUT2D eigenvalue weighted by atomic mass is 9.92. The molecule has 126 valence electrons. The number of aryl methyl sites for hydroxylation is 1. The van der Waals surface area contributed by atoms with E-state index in [0.29, 0.717) is 19.0 Å². The predicted molar refractivity (Wildman–Crippen MR) is 92.7 cm³/mol. The van der Waals surface area contributed by atoms with Gasteiger partial charge >= 0.3 is 0 Å². The fraction of sp³-hybridized carbons (Fsp3) is 0.667. The standard InChI is InChI=1S/C18H26N2O2S/c1-13-5-9-19(10-6-13)17(21)15-7-11-20(12-8-15)18(22)16-4-3-14(2)23-16/h3-4,13,15H,5-12H2,1-2H3. The first kappa shape index (κ1) is 16.5. The molecule has 4 nitrogen and oxygen atoms in total. The van der Waals surface area contributed by atoms with Gasteiger partial charge in [0.1, 0.15) is 0 Å². The van der Waals surface area contributed by atoms with Gasteiger partial charge in [0.2, 0.25) is 5.91 Å². The number of piperidine rings is 2. The molecule has 0 N–H and O–H groups in total. The third kappa shape index (κ3) is 3.77. The molecular formula is C18H26N2O2S. The molecule has 5 heteroatoms. The maximum Gasteiger partial charge on any atom is 0.263 e. The van der Waals surface area contributed by atoms with Gasteiger partial charge in [-0.2, -0.15) is 0 Å². The summed E-state index contributed by atoms with van der Waals surface area (Å²) in [5.41, 5.74) is 0. The molecule has 3 heterocycles. The molecule has 1 aromatic rings. The Balaban J connectivity index is 1.52. The van der Waals surface area contributed by atoms with E-state index < -0.39 is 0 Å². The summed E-state index contributed by atoms with van der Waals surface area (Å²) >= 11 is 1.55. The summed E-state index contributed by atoms with van der Waals surface area (Å²) in [6.07, 6.45) is 3.86. The average Bonchev–Trinajstić information content (AvgIpc) is 3.01.